The Labute approximate surface area is 180 Å². The third-order valence-corrected chi connectivity index (χ3v) is 6.03. The molecular formula is C18H20F5N5O3S. The summed E-state index contributed by atoms with van der Waals surface area (Å²) in [5.74, 6) is -4.16. The predicted octanol–water partition coefficient (Wildman–Crippen LogP) is 3.33. The number of alkyl halides is 5. The number of aromatic nitrogens is 3. The van der Waals surface area contributed by atoms with Crippen LogP contribution in [0, 0.1) is 12.8 Å². The normalized spacial score (nSPS) is 17.3. The monoisotopic (exact) mass is 481 g/mol. The van der Waals surface area contributed by atoms with Gasteiger partial charge in [-0.25, -0.2) is 27.3 Å². The Kier molecular flexibility index (Phi) is 6.30. The van der Waals surface area contributed by atoms with Crippen molar-refractivity contribution in [2.75, 3.05) is 5.32 Å². The molecule has 176 valence electrons. The summed E-state index contributed by atoms with van der Waals surface area (Å²) >= 11 is 0. The van der Waals surface area contributed by atoms with Gasteiger partial charge < -0.3 is 5.32 Å². The van der Waals surface area contributed by atoms with Crippen molar-refractivity contribution in [3.8, 4) is 0 Å². The summed E-state index contributed by atoms with van der Waals surface area (Å²) < 4.78 is 90.8. The van der Waals surface area contributed by atoms with Crippen LogP contribution in [-0.4, -0.2) is 35.0 Å². The summed E-state index contributed by atoms with van der Waals surface area (Å²) in [6, 6.07) is 2.19. The van der Waals surface area contributed by atoms with Gasteiger partial charge in [0.25, 0.3) is 15.9 Å². The second kappa shape index (κ2) is 8.39. The molecule has 14 heteroatoms. The second-order valence-corrected chi connectivity index (χ2v) is 9.19. The topological polar surface area (TPSA) is 120 Å². The van der Waals surface area contributed by atoms with E-state index in [1.807, 2.05) is 0 Å². The number of primary sulfonamides is 1. The number of nitrogens with zero attached hydrogens (tertiary/aromatic N) is 3. The van der Waals surface area contributed by atoms with Gasteiger partial charge in [-0.2, -0.15) is 18.3 Å². The number of amides is 1. The van der Waals surface area contributed by atoms with Gasteiger partial charge in [0, 0.05) is 42.9 Å². The maximum absolute atomic E-state index is 13.4. The molecule has 0 spiro atoms. The van der Waals surface area contributed by atoms with E-state index in [9.17, 15) is 35.2 Å². The molecule has 1 saturated carbocycles. The maximum atomic E-state index is 13.4. The molecule has 0 aliphatic heterocycles. The number of nitrogens with two attached hydrogens (primary N) is 1. The number of nitrogens with one attached hydrogen (secondary N) is 1. The highest BCUT2D eigenvalue weighted by Gasteiger charge is 2.40. The van der Waals surface area contributed by atoms with Crippen molar-refractivity contribution in [1.82, 2.24) is 14.8 Å². The van der Waals surface area contributed by atoms with Gasteiger partial charge in [0.2, 0.25) is 5.92 Å². The molecule has 8 nitrogen and oxygen atoms in total. The molecule has 3 N–H and O–H groups in total. The van der Waals surface area contributed by atoms with E-state index in [1.165, 1.54) is 6.07 Å². The number of halogens is 5. The summed E-state index contributed by atoms with van der Waals surface area (Å²) in [4.78, 5) is 16.4. The summed E-state index contributed by atoms with van der Waals surface area (Å²) in [7, 11) is -4.18. The van der Waals surface area contributed by atoms with Crippen molar-refractivity contribution in [3.63, 3.8) is 0 Å². The fourth-order valence-corrected chi connectivity index (χ4v) is 4.10. The van der Waals surface area contributed by atoms with E-state index in [4.69, 9.17) is 5.14 Å². The fraction of sp³-hybridized carbons (Fsp3) is 0.500. The van der Waals surface area contributed by atoms with Gasteiger partial charge in [-0.3, -0.25) is 9.48 Å². The highest BCUT2D eigenvalue weighted by atomic mass is 32.2. The first-order chi connectivity index (χ1) is 14.7. The molecule has 2 aromatic heterocycles. The van der Waals surface area contributed by atoms with Crippen molar-refractivity contribution in [3.05, 3.63) is 35.3 Å². The lowest BCUT2D eigenvalue weighted by molar-refractivity contribution is -0.142. The summed E-state index contributed by atoms with van der Waals surface area (Å²) in [6.07, 6.45) is -4.39. The lowest BCUT2D eigenvalue weighted by Crippen LogP contribution is -2.28. The lowest BCUT2D eigenvalue weighted by atomic mass is 9.87. The van der Waals surface area contributed by atoms with Crippen LogP contribution < -0.4 is 10.5 Å². The van der Waals surface area contributed by atoms with E-state index in [2.05, 4.69) is 15.4 Å². The Balaban J connectivity index is 1.92. The molecule has 0 bridgehead atoms. The van der Waals surface area contributed by atoms with Gasteiger partial charge in [0.15, 0.2) is 10.7 Å². The maximum Gasteiger partial charge on any atom is 0.435 e. The number of pyridine rings is 1. The molecule has 0 unspecified atom stereocenters. The second-order valence-electron chi connectivity index (χ2n) is 7.68. The van der Waals surface area contributed by atoms with Crippen LogP contribution in [-0.2, 0) is 22.7 Å². The van der Waals surface area contributed by atoms with E-state index < -0.39 is 50.0 Å². The van der Waals surface area contributed by atoms with Crippen LogP contribution >= 0.6 is 0 Å². The van der Waals surface area contributed by atoms with Crippen molar-refractivity contribution >= 4 is 21.6 Å². The molecule has 3 rings (SSSR count). The standard InChI is InChI=1S/C18H20F5N5O3S/c1-10-14(16(29)26-12-4-7-25-13(8-12)32(24,30)31)28(27-15(10)18(21,22)23)9-11-2-5-17(19,20)6-3-11/h4,7-8,11H,2-3,5-6,9H2,1H3,(H2,24,30,31)(H,25,26,29). The van der Waals surface area contributed by atoms with Crippen LogP contribution in [0.4, 0.5) is 27.6 Å². The van der Waals surface area contributed by atoms with E-state index in [0.29, 0.717) is 0 Å². The average Bonchev–Trinajstić information content (AvgIpc) is 2.99. The van der Waals surface area contributed by atoms with Crippen molar-refractivity contribution in [1.29, 1.82) is 0 Å². The number of anilines is 1. The Morgan fingerprint density at radius 3 is 2.50 bits per heavy atom. The zero-order valence-electron chi connectivity index (χ0n) is 16.8. The molecule has 0 aromatic carbocycles. The zero-order chi connectivity index (χ0) is 23.9. The van der Waals surface area contributed by atoms with Gasteiger partial charge in [-0.15, -0.1) is 0 Å². The van der Waals surface area contributed by atoms with Crippen LogP contribution in [0.25, 0.3) is 0 Å². The summed E-state index contributed by atoms with van der Waals surface area (Å²) in [5, 5.41) is 10.3. The number of rotatable bonds is 5. The highest BCUT2D eigenvalue weighted by molar-refractivity contribution is 7.89. The Hall–Kier alpha value is -2.61. The number of hydrogen-bond donors (Lipinski definition) is 2. The molecule has 0 atom stereocenters. The van der Waals surface area contributed by atoms with Gasteiger partial charge >= 0.3 is 6.18 Å². The van der Waals surface area contributed by atoms with Crippen molar-refractivity contribution in [2.24, 2.45) is 11.1 Å². The highest BCUT2D eigenvalue weighted by Crippen LogP contribution is 2.38. The molecule has 1 aliphatic carbocycles. The predicted molar refractivity (Wildman–Crippen MR) is 102 cm³/mol. The van der Waals surface area contributed by atoms with Crippen molar-refractivity contribution in [2.45, 2.75) is 56.3 Å². The van der Waals surface area contributed by atoms with E-state index in [1.54, 1.807) is 0 Å². The molecule has 0 saturated heterocycles. The Morgan fingerprint density at radius 1 is 1.31 bits per heavy atom. The molecule has 1 aliphatic rings. The van der Waals surface area contributed by atoms with Gasteiger partial charge in [-0.1, -0.05) is 0 Å². The first-order valence-corrected chi connectivity index (χ1v) is 11.0. The fourth-order valence-electron chi connectivity index (χ4n) is 3.60. The number of carbonyl (C=O) groups is 1. The van der Waals surface area contributed by atoms with Gasteiger partial charge in [0.1, 0.15) is 5.69 Å². The zero-order valence-corrected chi connectivity index (χ0v) is 17.6. The minimum atomic E-state index is -4.83. The number of carbonyl (C=O) groups excluding carboxylic acids is 1. The average molecular weight is 481 g/mol. The number of hydrogen-bond acceptors (Lipinski definition) is 5. The molecule has 0 radical (unpaired) electrons. The molecule has 1 fully saturated rings. The first kappa shape index (κ1) is 24.0. The lowest BCUT2D eigenvalue weighted by Gasteiger charge is -2.28. The van der Waals surface area contributed by atoms with E-state index in [-0.39, 0.29) is 43.8 Å². The SMILES string of the molecule is Cc1c(C(F)(F)F)nn(CC2CCC(F)(F)CC2)c1C(=O)Nc1ccnc(S(N)(=O)=O)c1. The van der Waals surface area contributed by atoms with Crippen LogP contribution in [0.5, 0.6) is 0 Å². The van der Waals surface area contributed by atoms with Crippen molar-refractivity contribution < 1.29 is 35.2 Å². The molecular weight excluding hydrogens is 461 g/mol. The summed E-state index contributed by atoms with van der Waals surface area (Å²) in [6.45, 7) is 0.938. The quantitative estimate of drug-likeness (QED) is 0.635. The molecule has 32 heavy (non-hydrogen) atoms. The minimum absolute atomic E-state index is 0.0629. The summed E-state index contributed by atoms with van der Waals surface area (Å²) in [5.41, 5.74) is -2.16. The van der Waals surface area contributed by atoms with Gasteiger partial charge in [-0.05, 0) is 31.7 Å². The van der Waals surface area contributed by atoms with E-state index >= 15 is 0 Å². The smallest absolute Gasteiger partial charge is 0.321 e. The largest absolute Gasteiger partial charge is 0.435 e. The van der Waals surface area contributed by atoms with Crippen LogP contribution in [0.15, 0.2) is 23.4 Å². The molecule has 2 heterocycles. The third-order valence-electron chi connectivity index (χ3n) is 5.22. The first-order valence-electron chi connectivity index (χ1n) is 9.50. The third kappa shape index (κ3) is 5.41. The van der Waals surface area contributed by atoms with Crippen LogP contribution in [0.2, 0.25) is 0 Å². The van der Waals surface area contributed by atoms with Gasteiger partial charge in [0.05, 0.1) is 0 Å². The molecule has 1 amide bonds. The van der Waals surface area contributed by atoms with E-state index in [0.717, 1.165) is 23.9 Å². The van der Waals surface area contributed by atoms with Crippen LogP contribution in [0.3, 0.4) is 0 Å². The Bertz CT molecular complexity index is 1120. The Morgan fingerprint density at radius 2 is 1.94 bits per heavy atom. The minimum Gasteiger partial charge on any atom is -0.321 e. The number of sulfonamides is 1. The van der Waals surface area contributed by atoms with Crippen LogP contribution in [0.1, 0.15) is 47.4 Å². The molecule has 2 aromatic rings.